The quantitative estimate of drug-likeness (QED) is 0.737. The summed E-state index contributed by atoms with van der Waals surface area (Å²) in [7, 11) is 0. The van der Waals surface area contributed by atoms with Crippen molar-refractivity contribution < 1.29 is 4.79 Å². The lowest BCUT2D eigenvalue weighted by Gasteiger charge is -1.89. The molecule has 2 heteroatoms. The second kappa shape index (κ2) is 5.97. The second-order valence-corrected chi connectivity index (χ2v) is 4.32. The van der Waals surface area contributed by atoms with Gasteiger partial charge in [0.15, 0.2) is 5.78 Å². The topological polar surface area (TPSA) is 17.1 Å². The largest absolute Gasteiger partial charge is 0.290 e. The highest BCUT2D eigenvalue weighted by Gasteiger charge is 1.90. The maximum absolute atomic E-state index is 11.5. The highest BCUT2D eigenvalue weighted by atomic mass is 32.1. The Kier molecular flexibility index (Phi) is 4.05. The minimum atomic E-state index is 0.0000491. The van der Waals surface area contributed by atoms with Crippen LogP contribution in [-0.2, 0) is 4.79 Å². The average molecular weight is 240 g/mol. The number of hydrogen-bond acceptors (Lipinski definition) is 2. The second-order valence-electron chi connectivity index (χ2n) is 3.54. The number of hydrogen-bond donors (Lipinski definition) is 0. The molecule has 0 N–H and O–H groups in total. The Hall–Kier alpha value is -1.93. The summed E-state index contributed by atoms with van der Waals surface area (Å²) in [4.78, 5) is 11.5. The number of rotatable bonds is 4. The normalized spacial score (nSPS) is 11.3. The molecule has 0 radical (unpaired) electrons. The fourth-order valence-corrected chi connectivity index (χ4v) is 1.97. The lowest BCUT2D eigenvalue weighted by Crippen LogP contribution is -1.84. The molecule has 0 aliphatic rings. The number of thiophene rings is 1. The molecule has 0 aliphatic carbocycles. The third kappa shape index (κ3) is 3.85. The minimum absolute atomic E-state index is 0.0000491. The van der Waals surface area contributed by atoms with Gasteiger partial charge in [-0.25, -0.2) is 0 Å². The summed E-state index contributed by atoms with van der Waals surface area (Å²) in [5.74, 6) is 0.0000491. The Morgan fingerprint density at radius 3 is 2.29 bits per heavy atom. The van der Waals surface area contributed by atoms with Gasteiger partial charge in [-0.1, -0.05) is 42.5 Å². The van der Waals surface area contributed by atoms with Crippen LogP contribution in [0, 0.1) is 0 Å². The molecule has 0 spiro atoms. The van der Waals surface area contributed by atoms with Crippen molar-refractivity contribution in [1.82, 2.24) is 0 Å². The fourth-order valence-electron chi connectivity index (χ4n) is 1.35. The van der Waals surface area contributed by atoms with E-state index in [0.717, 1.165) is 11.1 Å². The molecule has 17 heavy (non-hydrogen) atoms. The molecule has 0 amide bonds. The molecule has 0 bridgehead atoms. The van der Waals surface area contributed by atoms with Crippen LogP contribution in [0.3, 0.4) is 0 Å². The molecule has 1 aromatic heterocycles. The highest BCUT2D eigenvalue weighted by Crippen LogP contribution is 2.08. The van der Waals surface area contributed by atoms with Gasteiger partial charge in [0.05, 0.1) is 0 Å². The molecule has 0 saturated heterocycles. The summed E-state index contributed by atoms with van der Waals surface area (Å²) in [6.45, 7) is 0. The van der Waals surface area contributed by atoms with Gasteiger partial charge in [0.25, 0.3) is 0 Å². The van der Waals surface area contributed by atoms with E-state index in [2.05, 4.69) is 0 Å². The first-order valence-electron chi connectivity index (χ1n) is 5.32. The van der Waals surface area contributed by atoms with Gasteiger partial charge in [0.1, 0.15) is 0 Å². The number of allylic oxidation sites excluding steroid dienone is 2. The summed E-state index contributed by atoms with van der Waals surface area (Å²) in [5, 5.41) is 3.99. The van der Waals surface area contributed by atoms with Crippen molar-refractivity contribution in [1.29, 1.82) is 0 Å². The highest BCUT2D eigenvalue weighted by molar-refractivity contribution is 7.08. The van der Waals surface area contributed by atoms with Gasteiger partial charge < -0.3 is 0 Å². The predicted octanol–water partition coefficient (Wildman–Crippen LogP) is 4.04. The van der Waals surface area contributed by atoms with E-state index < -0.39 is 0 Å². The molecule has 1 heterocycles. The first-order valence-corrected chi connectivity index (χ1v) is 6.26. The Labute approximate surface area is 105 Å². The van der Waals surface area contributed by atoms with Crippen LogP contribution in [0.15, 0.2) is 59.3 Å². The van der Waals surface area contributed by atoms with Crippen molar-refractivity contribution in [3.05, 3.63) is 70.4 Å². The molecule has 1 nitrogen and oxygen atoms in total. The van der Waals surface area contributed by atoms with Crippen LogP contribution in [-0.4, -0.2) is 5.78 Å². The summed E-state index contributed by atoms with van der Waals surface area (Å²) >= 11 is 1.62. The van der Waals surface area contributed by atoms with E-state index in [9.17, 15) is 4.79 Å². The SMILES string of the molecule is O=C(C=Cc1ccccc1)C=Cc1ccsc1. The molecule has 0 unspecified atom stereocenters. The third-order valence-electron chi connectivity index (χ3n) is 2.22. The van der Waals surface area contributed by atoms with Crippen LogP contribution < -0.4 is 0 Å². The molecule has 0 atom stereocenters. The van der Waals surface area contributed by atoms with Crippen molar-refractivity contribution in [2.75, 3.05) is 0 Å². The molecule has 0 aliphatic heterocycles. The van der Waals surface area contributed by atoms with E-state index >= 15 is 0 Å². The van der Waals surface area contributed by atoms with Crippen LogP contribution in [0.4, 0.5) is 0 Å². The molecular formula is C15H12OS. The third-order valence-corrected chi connectivity index (χ3v) is 2.92. The first kappa shape index (κ1) is 11.6. The van der Waals surface area contributed by atoms with Gasteiger partial charge in [-0.2, -0.15) is 11.3 Å². The van der Waals surface area contributed by atoms with Gasteiger partial charge in [-0.15, -0.1) is 0 Å². The van der Waals surface area contributed by atoms with Gasteiger partial charge in [-0.3, -0.25) is 4.79 Å². The van der Waals surface area contributed by atoms with Gasteiger partial charge >= 0.3 is 0 Å². The van der Waals surface area contributed by atoms with Crippen LogP contribution in [0.5, 0.6) is 0 Å². The molecule has 0 saturated carbocycles. The van der Waals surface area contributed by atoms with Gasteiger partial charge in [0.2, 0.25) is 0 Å². The molecule has 2 aromatic rings. The van der Waals surface area contributed by atoms with Crippen molar-refractivity contribution >= 4 is 29.3 Å². The van der Waals surface area contributed by atoms with Crippen molar-refractivity contribution in [2.24, 2.45) is 0 Å². The van der Waals surface area contributed by atoms with E-state index in [1.54, 1.807) is 23.5 Å². The summed E-state index contributed by atoms with van der Waals surface area (Å²) < 4.78 is 0. The summed E-state index contributed by atoms with van der Waals surface area (Å²) in [5.41, 5.74) is 2.10. The smallest absolute Gasteiger partial charge is 0.178 e. The number of benzene rings is 1. The van der Waals surface area contributed by atoms with Gasteiger partial charge in [0, 0.05) is 0 Å². The van der Waals surface area contributed by atoms with Gasteiger partial charge in [-0.05, 0) is 40.1 Å². The van der Waals surface area contributed by atoms with Crippen molar-refractivity contribution in [2.45, 2.75) is 0 Å². The first-order chi connectivity index (χ1) is 8.34. The zero-order valence-electron chi connectivity index (χ0n) is 9.24. The van der Waals surface area contributed by atoms with E-state index in [1.165, 1.54) is 0 Å². The Morgan fingerprint density at radius 1 is 0.941 bits per heavy atom. The molecule has 1 aromatic carbocycles. The maximum Gasteiger partial charge on any atom is 0.178 e. The Morgan fingerprint density at radius 2 is 1.65 bits per heavy atom. The zero-order valence-corrected chi connectivity index (χ0v) is 10.1. The minimum Gasteiger partial charge on any atom is -0.290 e. The Bertz CT molecular complexity index is 521. The summed E-state index contributed by atoms with van der Waals surface area (Å²) in [6.07, 6.45) is 6.81. The lowest BCUT2D eigenvalue weighted by atomic mass is 10.2. The number of ketones is 1. The monoisotopic (exact) mass is 240 g/mol. The van der Waals surface area contributed by atoms with Crippen LogP contribution in [0.2, 0.25) is 0 Å². The average Bonchev–Trinajstić information content (AvgIpc) is 2.88. The standard InChI is InChI=1S/C15H12OS/c16-15(9-7-14-10-11-17-12-14)8-6-13-4-2-1-3-5-13/h1-12H. The van der Waals surface area contributed by atoms with Crippen LogP contribution in [0.25, 0.3) is 12.2 Å². The molecule has 2 rings (SSSR count). The van der Waals surface area contributed by atoms with E-state index in [-0.39, 0.29) is 5.78 Å². The van der Waals surface area contributed by atoms with Crippen LogP contribution in [0.1, 0.15) is 11.1 Å². The summed E-state index contributed by atoms with van der Waals surface area (Å²) in [6, 6.07) is 11.8. The van der Waals surface area contributed by atoms with Crippen molar-refractivity contribution in [3.8, 4) is 0 Å². The fraction of sp³-hybridized carbons (Fsp3) is 0. The van der Waals surface area contributed by atoms with E-state index in [0.29, 0.717) is 0 Å². The lowest BCUT2D eigenvalue weighted by molar-refractivity contribution is -0.110. The van der Waals surface area contributed by atoms with Crippen LogP contribution >= 0.6 is 11.3 Å². The Balaban J connectivity index is 1.96. The van der Waals surface area contributed by atoms with E-state index in [4.69, 9.17) is 0 Å². The zero-order chi connectivity index (χ0) is 11.9. The molecular weight excluding hydrogens is 228 g/mol. The van der Waals surface area contributed by atoms with Crippen molar-refractivity contribution in [3.63, 3.8) is 0 Å². The van der Waals surface area contributed by atoms with E-state index in [1.807, 2.05) is 59.3 Å². The molecule has 84 valence electrons. The predicted molar refractivity (Wildman–Crippen MR) is 73.8 cm³/mol. The molecule has 0 fully saturated rings. The maximum atomic E-state index is 11.5. The number of carbonyl (C=O) groups is 1. The number of carbonyl (C=O) groups excluding carboxylic acids is 1.